The molecule has 5 heteroatoms. The third kappa shape index (κ3) is 2.00. The summed E-state index contributed by atoms with van der Waals surface area (Å²) in [5.41, 5.74) is 0.789. The lowest BCUT2D eigenvalue weighted by Gasteiger charge is -2.09. The lowest BCUT2D eigenvalue weighted by atomic mass is 10.2. The molecule has 1 unspecified atom stereocenters. The van der Waals surface area contributed by atoms with E-state index in [9.17, 15) is 5.11 Å². The summed E-state index contributed by atoms with van der Waals surface area (Å²) in [6, 6.07) is 3.96. The number of halogens is 1. The molecule has 0 radical (unpaired) electrons. The van der Waals surface area contributed by atoms with Crippen LogP contribution in [-0.2, 0) is 7.05 Å². The number of aromatic nitrogens is 2. The Bertz CT molecular complexity index is 458. The van der Waals surface area contributed by atoms with Gasteiger partial charge in [0.15, 0.2) is 0 Å². The second-order valence-electron chi connectivity index (χ2n) is 3.35. The van der Waals surface area contributed by atoms with E-state index in [0.29, 0.717) is 0 Å². The number of aliphatic hydroxyl groups excluding tert-OH is 1. The van der Waals surface area contributed by atoms with E-state index in [0.717, 1.165) is 15.0 Å². The van der Waals surface area contributed by atoms with Crippen molar-refractivity contribution in [2.24, 2.45) is 7.05 Å². The summed E-state index contributed by atoms with van der Waals surface area (Å²) in [6.45, 7) is 2.03. The van der Waals surface area contributed by atoms with Gasteiger partial charge in [0.05, 0.1) is 16.4 Å². The Morgan fingerprint density at radius 1 is 1.53 bits per heavy atom. The van der Waals surface area contributed by atoms with Gasteiger partial charge in [0, 0.05) is 16.8 Å². The van der Waals surface area contributed by atoms with Crippen LogP contribution >= 0.6 is 27.3 Å². The largest absolute Gasteiger partial charge is 0.381 e. The van der Waals surface area contributed by atoms with E-state index in [4.69, 9.17) is 0 Å². The minimum absolute atomic E-state index is 0.606. The fourth-order valence-corrected chi connectivity index (χ4v) is 2.90. The molecule has 2 rings (SSSR count). The van der Waals surface area contributed by atoms with Gasteiger partial charge in [-0.2, -0.15) is 5.10 Å². The van der Waals surface area contributed by atoms with Gasteiger partial charge in [-0.15, -0.1) is 11.3 Å². The third-order valence-corrected chi connectivity index (χ3v) is 3.89. The molecule has 0 amide bonds. The first kappa shape index (κ1) is 10.9. The Morgan fingerprint density at radius 3 is 2.73 bits per heavy atom. The molecule has 0 aliphatic heterocycles. The van der Waals surface area contributed by atoms with E-state index in [2.05, 4.69) is 21.0 Å². The second-order valence-corrected chi connectivity index (χ2v) is 5.53. The highest BCUT2D eigenvalue weighted by molar-refractivity contribution is 9.10. The zero-order valence-corrected chi connectivity index (χ0v) is 10.8. The number of nitrogens with zero attached hydrogens (tertiary/aromatic N) is 2. The summed E-state index contributed by atoms with van der Waals surface area (Å²) < 4.78 is 2.52. The van der Waals surface area contributed by atoms with E-state index in [1.54, 1.807) is 22.2 Å². The first-order valence-electron chi connectivity index (χ1n) is 4.51. The standard InChI is InChI=1S/C10H11BrN2OS/c1-6-3-4-8(15-6)10(14)9-7(11)5-12-13(9)2/h3-5,10,14H,1-2H3. The Balaban J connectivity index is 2.40. The Morgan fingerprint density at radius 2 is 2.27 bits per heavy atom. The topological polar surface area (TPSA) is 38.1 Å². The number of rotatable bonds is 2. The lowest BCUT2D eigenvalue weighted by molar-refractivity contribution is 0.212. The molecule has 0 aliphatic rings. The first-order valence-corrected chi connectivity index (χ1v) is 6.12. The van der Waals surface area contributed by atoms with E-state index in [1.807, 2.05) is 26.1 Å². The quantitative estimate of drug-likeness (QED) is 0.922. The van der Waals surface area contributed by atoms with Crippen LogP contribution in [0.3, 0.4) is 0 Å². The van der Waals surface area contributed by atoms with Gasteiger partial charge in [0.25, 0.3) is 0 Å². The van der Waals surface area contributed by atoms with E-state index in [-0.39, 0.29) is 0 Å². The van der Waals surface area contributed by atoms with Gasteiger partial charge < -0.3 is 5.11 Å². The van der Waals surface area contributed by atoms with E-state index >= 15 is 0 Å². The van der Waals surface area contributed by atoms with Crippen LogP contribution in [0.25, 0.3) is 0 Å². The van der Waals surface area contributed by atoms with Crippen molar-refractivity contribution in [2.45, 2.75) is 13.0 Å². The molecule has 2 aromatic heterocycles. The van der Waals surface area contributed by atoms with Crippen molar-refractivity contribution in [2.75, 3.05) is 0 Å². The molecule has 2 heterocycles. The second kappa shape index (κ2) is 4.08. The van der Waals surface area contributed by atoms with Crippen molar-refractivity contribution in [1.29, 1.82) is 0 Å². The molecule has 0 saturated carbocycles. The average Bonchev–Trinajstić information content (AvgIpc) is 2.73. The maximum Gasteiger partial charge on any atom is 0.131 e. The van der Waals surface area contributed by atoms with Crippen LogP contribution in [0.4, 0.5) is 0 Å². The van der Waals surface area contributed by atoms with Crippen LogP contribution in [0.1, 0.15) is 21.6 Å². The molecule has 0 aromatic carbocycles. The van der Waals surface area contributed by atoms with Gasteiger partial charge in [0.1, 0.15) is 6.10 Å². The smallest absolute Gasteiger partial charge is 0.131 e. The Hall–Kier alpha value is -0.650. The average molecular weight is 287 g/mol. The fraction of sp³-hybridized carbons (Fsp3) is 0.300. The molecule has 1 N–H and O–H groups in total. The van der Waals surface area contributed by atoms with Gasteiger partial charge in [-0.3, -0.25) is 4.68 Å². The van der Waals surface area contributed by atoms with Gasteiger partial charge in [-0.25, -0.2) is 0 Å². The molecule has 0 saturated heterocycles. The molecule has 0 aliphatic carbocycles. The number of hydrogen-bond acceptors (Lipinski definition) is 3. The van der Waals surface area contributed by atoms with Crippen molar-refractivity contribution < 1.29 is 5.11 Å². The maximum absolute atomic E-state index is 10.2. The normalized spacial score (nSPS) is 13.1. The molecular formula is C10H11BrN2OS. The van der Waals surface area contributed by atoms with Crippen molar-refractivity contribution in [1.82, 2.24) is 9.78 Å². The molecule has 0 bridgehead atoms. The number of hydrogen-bond donors (Lipinski definition) is 1. The van der Waals surface area contributed by atoms with E-state index < -0.39 is 6.10 Å². The fourth-order valence-electron chi connectivity index (χ4n) is 1.46. The monoisotopic (exact) mass is 286 g/mol. The number of thiophene rings is 1. The molecule has 3 nitrogen and oxygen atoms in total. The van der Waals surface area contributed by atoms with Crippen molar-refractivity contribution in [3.63, 3.8) is 0 Å². The summed E-state index contributed by atoms with van der Waals surface area (Å²) in [4.78, 5) is 2.14. The summed E-state index contributed by atoms with van der Waals surface area (Å²) in [5.74, 6) is 0. The van der Waals surface area contributed by atoms with Crippen molar-refractivity contribution in [3.05, 3.63) is 38.3 Å². The number of aliphatic hydroxyl groups is 1. The molecule has 1 atom stereocenters. The van der Waals surface area contributed by atoms with Gasteiger partial charge in [0.2, 0.25) is 0 Å². The SMILES string of the molecule is Cc1ccc(C(O)c2c(Br)cnn2C)s1. The number of aryl methyl sites for hydroxylation is 2. The Labute approximate surface area is 100 Å². The zero-order valence-electron chi connectivity index (χ0n) is 8.44. The first-order chi connectivity index (χ1) is 7.09. The summed E-state index contributed by atoms with van der Waals surface area (Å²) >= 11 is 4.98. The Kier molecular flexibility index (Phi) is 2.95. The van der Waals surface area contributed by atoms with Crippen molar-refractivity contribution in [3.8, 4) is 0 Å². The van der Waals surface area contributed by atoms with Crippen LogP contribution in [0.5, 0.6) is 0 Å². The lowest BCUT2D eigenvalue weighted by Crippen LogP contribution is -2.05. The summed E-state index contributed by atoms with van der Waals surface area (Å²) in [6.07, 6.45) is 1.09. The summed E-state index contributed by atoms with van der Waals surface area (Å²) in [5, 5.41) is 14.3. The van der Waals surface area contributed by atoms with Gasteiger partial charge >= 0.3 is 0 Å². The minimum atomic E-state index is -0.606. The predicted octanol–water partition coefficient (Wildman–Crippen LogP) is 2.63. The maximum atomic E-state index is 10.2. The van der Waals surface area contributed by atoms with Crippen LogP contribution in [-0.4, -0.2) is 14.9 Å². The van der Waals surface area contributed by atoms with Crippen LogP contribution in [0.2, 0.25) is 0 Å². The van der Waals surface area contributed by atoms with Gasteiger partial charge in [-0.1, -0.05) is 0 Å². The highest BCUT2D eigenvalue weighted by Crippen LogP contribution is 2.31. The predicted molar refractivity (Wildman–Crippen MR) is 64.0 cm³/mol. The van der Waals surface area contributed by atoms with Crippen LogP contribution in [0, 0.1) is 6.92 Å². The molecule has 0 spiro atoms. The van der Waals surface area contributed by atoms with Crippen LogP contribution < -0.4 is 0 Å². The molecule has 0 fully saturated rings. The molecule has 15 heavy (non-hydrogen) atoms. The highest BCUT2D eigenvalue weighted by Gasteiger charge is 2.19. The van der Waals surface area contributed by atoms with E-state index in [1.165, 1.54) is 4.88 Å². The molecule has 80 valence electrons. The molecule has 2 aromatic rings. The van der Waals surface area contributed by atoms with Crippen LogP contribution in [0.15, 0.2) is 22.8 Å². The zero-order chi connectivity index (χ0) is 11.0. The molecular weight excluding hydrogens is 276 g/mol. The highest BCUT2D eigenvalue weighted by atomic mass is 79.9. The summed E-state index contributed by atoms with van der Waals surface area (Å²) in [7, 11) is 1.82. The van der Waals surface area contributed by atoms with Crippen molar-refractivity contribution >= 4 is 27.3 Å². The third-order valence-electron chi connectivity index (χ3n) is 2.23. The minimum Gasteiger partial charge on any atom is -0.381 e. The van der Waals surface area contributed by atoms with Gasteiger partial charge in [-0.05, 0) is 35.0 Å².